The average molecular weight is 331 g/mol. The van der Waals surface area contributed by atoms with Crippen molar-refractivity contribution in [1.29, 1.82) is 0 Å². The number of rotatable bonds is 6. The van der Waals surface area contributed by atoms with Gasteiger partial charge >= 0.3 is 12.1 Å². The summed E-state index contributed by atoms with van der Waals surface area (Å²) in [5, 5.41) is 3.25. The molecule has 0 saturated heterocycles. The lowest BCUT2D eigenvalue weighted by Crippen LogP contribution is -2.40. The van der Waals surface area contributed by atoms with Gasteiger partial charge in [0.1, 0.15) is 6.61 Å². The molecule has 1 rings (SSSR count). The molecule has 0 spiro atoms. The van der Waals surface area contributed by atoms with Crippen LogP contribution < -0.4 is 5.32 Å². The predicted molar refractivity (Wildman–Crippen MR) is 71.6 cm³/mol. The van der Waals surface area contributed by atoms with Gasteiger partial charge in [-0.1, -0.05) is 0 Å². The van der Waals surface area contributed by atoms with E-state index in [1.165, 1.54) is 11.3 Å². The number of hydrogen-bond donors (Lipinski definition) is 1. The van der Waals surface area contributed by atoms with Gasteiger partial charge in [-0.2, -0.15) is 22.0 Å². The molecular weight excluding hydrogens is 313 g/mol. The highest BCUT2D eigenvalue weighted by Crippen LogP contribution is 2.35. The van der Waals surface area contributed by atoms with Gasteiger partial charge in [0.25, 0.3) is 0 Å². The monoisotopic (exact) mass is 331 g/mol. The van der Waals surface area contributed by atoms with Gasteiger partial charge in [0.2, 0.25) is 0 Å². The number of alkyl halides is 5. The molecule has 0 fully saturated rings. The van der Waals surface area contributed by atoms with Crippen LogP contribution in [0.5, 0.6) is 0 Å². The second-order valence-electron chi connectivity index (χ2n) is 5.67. The maximum absolute atomic E-state index is 12.6. The number of nitrogens with one attached hydrogen (secondary N) is 1. The number of hydrogen-bond acceptors (Lipinski definition) is 3. The van der Waals surface area contributed by atoms with E-state index in [1.807, 2.05) is 20.8 Å². The van der Waals surface area contributed by atoms with Crippen molar-refractivity contribution in [1.82, 2.24) is 5.32 Å². The minimum atomic E-state index is -5.58. The zero-order valence-electron chi connectivity index (χ0n) is 12.0. The molecule has 0 saturated carbocycles. The summed E-state index contributed by atoms with van der Waals surface area (Å²) in [4.78, 5) is 1.57. The topological polar surface area (TPSA) is 21.3 Å². The molecule has 0 aliphatic rings. The van der Waals surface area contributed by atoms with E-state index in [9.17, 15) is 22.0 Å². The molecule has 0 amide bonds. The molecule has 0 aliphatic carbocycles. The fourth-order valence-electron chi connectivity index (χ4n) is 1.31. The second-order valence-corrected chi connectivity index (χ2v) is 6.92. The Hall–Kier alpha value is -0.730. The normalized spacial score (nSPS) is 13.7. The number of thiophene rings is 1. The van der Waals surface area contributed by atoms with Crippen molar-refractivity contribution < 1.29 is 26.7 Å². The second kappa shape index (κ2) is 6.58. The Bertz CT molecular complexity index is 450. The van der Waals surface area contributed by atoms with E-state index >= 15 is 0 Å². The van der Waals surface area contributed by atoms with E-state index < -0.39 is 18.7 Å². The highest BCUT2D eigenvalue weighted by molar-refractivity contribution is 7.11. The molecule has 21 heavy (non-hydrogen) atoms. The van der Waals surface area contributed by atoms with Gasteiger partial charge in [-0.25, -0.2) is 0 Å². The van der Waals surface area contributed by atoms with Crippen LogP contribution in [0, 0.1) is 0 Å². The molecule has 0 radical (unpaired) electrons. The number of halogens is 5. The molecule has 1 aromatic heterocycles. The van der Waals surface area contributed by atoms with E-state index in [2.05, 4.69) is 10.1 Å². The van der Waals surface area contributed by atoms with Gasteiger partial charge in [-0.15, -0.1) is 11.3 Å². The quantitative estimate of drug-likeness (QED) is 0.783. The molecule has 1 N–H and O–H groups in total. The van der Waals surface area contributed by atoms with Crippen molar-refractivity contribution in [3.05, 3.63) is 21.9 Å². The van der Waals surface area contributed by atoms with Gasteiger partial charge in [0, 0.05) is 21.8 Å². The van der Waals surface area contributed by atoms with Crippen molar-refractivity contribution in [2.45, 2.75) is 51.6 Å². The van der Waals surface area contributed by atoms with Crippen LogP contribution in [0.2, 0.25) is 0 Å². The SMILES string of the molecule is CC(C)(C)NCc1ccc(COCC(F)(F)C(F)(F)F)s1. The molecule has 2 nitrogen and oxygen atoms in total. The predicted octanol–water partition coefficient (Wildman–Crippen LogP) is 4.35. The Morgan fingerprint density at radius 2 is 1.62 bits per heavy atom. The highest BCUT2D eigenvalue weighted by Gasteiger charge is 2.57. The van der Waals surface area contributed by atoms with E-state index in [0.717, 1.165) is 4.88 Å². The van der Waals surface area contributed by atoms with Crippen LogP contribution in [0.4, 0.5) is 22.0 Å². The van der Waals surface area contributed by atoms with Crippen LogP contribution in [0.15, 0.2) is 12.1 Å². The molecule has 0 bridgehead atoms. The van der Waals surface area contributed by atoms with Crippen LogP contribution >= 0.6 is 11.3 Å². The van der Waals surface area contributed by atoms with Crippen molar-refractivity contribution in [3.8, 4) is 0 Å². The first-order chi connectivity index (χ1) is 9.41. The summed E-state index contributed by atoms with van der Waals surface area (Å²) in [6, 6.07) is 3.46. The molecular formula is C13H18F5NOS. The molecule has 0 unspecified atom stereocenters. The Morgan fingerprint density at radius 1 is 1.05 bits per heavy atom. The first-order valence-electron chi connectivity index (χ1n) is 6.26. The smallest absolute Gasteiger partial charge is 0.369 e. The van der Waals surface area contributed by atoms with Crippen molar-refractivity contribution in [3.63, 3.8) is 0 Å². The minimum absolute atomic E-state index is 0.0601. The molecule has 8 heteroatoms. The van der Waals surface area contributed by atoms with E-state index in [-0.39, 0.29) is 12.1 Å². The Morgan fingerprint density at radius 3 is 2.14 bits per heavy atom. The summed E-state index contributed by atoms with van der Waals surface area (Å²) < 4.78 is 65.6. The third kappa shape index (κ3) is 6.27. The van der Waals surface area contributed by atoms with Crippen molar-refractivity contribution >= 4 is 11.3 Å². The lowest BCUT2D eigenvalue weighted by Gasteiger charge is -2.19. The number of ether oxygens (including phenoxy) is 1. The molecule has 0 atom stereocenters. The fourth-order valence-corrected chi connectivity index (χ4v) is 2.20. The summed E-state index contributed by atoms with van der Waals surface area (Å²) in [6.07, 6.45) is -5.58. The lowest BCUT2D eigenvalue weighted by molar-refractivity contribution is -0.297. The Labute approximate surface area is 124 Å². The van der Waals surface area contributed by atoms with Gasteiger partial charge in [-0.3, -0.25) is 0 Å². The third-order valence-corrected chi connectivity index (χ3v) is 3.51. The van der Waals surface area contributed by atoms with Gasteiger partial charge in [0.15, 0.2) is 0 Å². The lowest BCUT2D eigenvalue weighted by atomic mass is 10.1. The maximum atomic E-state index is 12.6. The third-order valence-electron chi connectivity index (χ3n) is 2.45. The van der Waals surface area contributed by atoms with Crippen LogP contribution in [0.3, 0.4) is 0 Å². The van der Waals surface area contributed by atoms with Crippen LogP contribution in [-0.4, -0.2) is 24.2 Å². The van der Waals surface area contributed by atoms with E-state index in [4.69, 9.17) is 0 Å². The minimum Gasteiger partial charge on any atom is -0.369 e. The first-order valence-corrected chi connectivity index (χ1v) is 7.07. The summed E-state index contributed by atoms with van der Waals surface area (Å²) in [5.74, 6) is -4.82. The van der Waals surface area contributed by atoms with Crippen LogP contribution in [0.25, 0.3) is 0 Å². The maximum Gasteiger partial charge on any atom is 0.455 e. The molecule has 1 aromatic rings. The van der Waals surface area contributed by atoms with Crippen molar-refractivity contribution in [2.24, 2.45) is 0 Å². The summed E-state index contributed by atoms with van der Waals surface area (Å²) >= 11 is 1.32. The molecule has 122 valence electrons. The van der Waals surface area contributed by atoms with Crippen LogP contribution in [0.1, 0.15) is 30.5 Å². The van der Waals surface area contributed by atoms with Gasteiger partial charge in [-0.05, 0) is 32.9 Å². The van der Waals surface area contributed by atoms with Crippen LogP contribution in [-0.2, 0) is 17.9 Å². The molecule has 1 heterocycles. The van der Waals surface area contributed by atoms with E-state index in [1.54, 1.807) is 12.1 Å². The summed E-state index contributed by atoms with van der Waals surface area (Å²) in [7, 11) is 0. The zero-order chi connectivity index (χ0) is 16.3. The average Bonchev–Trinajstić information content (AvgIpc) is 2.71. The van der Waals surface area contributed by atoms with Gasteiger partial charge < -0.3 is 10.1 Å². The molecule has 0 aromatic carbocycles. The fraction of sp³-hybridized carbons (Fsp3) is 0.692. The zero-order valence-corrected chi connectivity index (χ0v) is 12.8. The van der Waals surface area contributed by atoms with Crippen molar-refractivity contribution in [2.75, 3.05) is 6.61 Å². The largest absolute Gasteiger partial charge is 0.455 e. The first kappa shape index (κ1) is 18.3. The van der Waals surface area contributed by atoms with E-state index in [0.29, 0.717) is 11.4 Å². The Kier molecular flexibility index (Phi) is 5.74. The molecule has 0 aliphatic heterocycles. The van der Waals surface area contributed by atoms with Gasteiger partial charge in [0.05, 0.1) is 6.61 Å². The Balaban J connectivity index is 2.42. The standard InChI is InChI=1S/C13H18F5NOS/c1-11(2,3)19-6-9-4-5-10(21-9)7-20-8-12(14,15)13(16,17)18/h4-5,19H,6-8H2,1-3H3. The highest BCUT2D eigenvalue weighted by atomic mass is 32.1. The summed E-state index contributed by atoms with van der Waals surface area (Å²) in [6.45, 7) is 4.69. The summed E-state index contributed by atoms with van der Waals surface area (Å²) in [5.41, 5.74) is -0.0601.